The summed E-state index contributed by atoms with van der Waals surface area (Å²) < 4.78 is 5.54. The number of nitrogens with one attached hydrogen (secondary N) is 1. The third-order valence-electron chi connectivity index (χ3n) is 2.86. The maximum absolute atomic E-state index is 12.2. The van der Waals surface area contributed by atoms with Crippen molar-refractivity contribution in [3.8, 4) is 5.75 Å². The van der Waals surface area contributed by atoms with Gasteiger partial charge in [0.1, 0.15) is 18.1 Å². The number of aromatic amines is 1. The average Bonchev–Trinajstić information content (AvgIpc) is 2.48. The molecule has 94 valence electrons. The van der Waals surface area contributed by atoms with Crippen LogP contribution in [0.25, 0.3) is 10.9 Å². The van der Waals surface area contributed by atoms with Gasteiger partial charge in [-0.2, -0.15) is 5.10 Å². The van der Waals surface area contributed by atoms with Crippen molar-refractivity contribution < 1.29 is 4.74 Å². The van der Waals surface area contributed by atoms with Crippen molar-refractivity contribution in [1.82, 2.24) is 10.2 Å². The topological polar surface area (TPSA) is 55.0 Å². The lowest BCUT2D eigenvalue weighted by atomic mass is 10.2. The molecule has 2 aromatic carbocycles. The number of hydrogen-bond acceptors (Lipinski definition) is 3. The second kappa shape index (κ2) is 4.94. The highest BCUT2D eigenvalue weighted by atomic mass is 16.5. The average molecular weight is 252 g/mol. The minimum absolute atomic E-state index is 0.0923. The van der Waals surface area contributed by atoms with Crippen LogP contribution < -0.4 is 10.2 Å². The summed E-state index contributed by atoms with van der Waals surface area (Å²) in [5.74, 6) is 0.719. The lowest BCUT2D eigenvalue weighted by molar-refractivity contribution is 0.299. The molecule has 0 aliphatic rings. The van der Waals surface area contributed by atoms with Crippen molar-refractivity contribution in [3.05, 3.63) is 70.5 Å². The summed E-state index contributed by atoms with van der Waals surface area (Å²) in [6, 6.07) is 16.7. The number of fused-ring (bicyclic) bond motifs is 1. The summed E-state index contributed by atoms with van der Waals surface area (Å²) in [7, 11) is 0. The minimum atomic E-state index is -0.0923. The molecule has 1 aromatic heterocycles. The summed E-state index contributed by atoms with van der Waals surface area (Å²) in [5.41, 5.74) is 1.02. The first-order valence-electron chi connectivity index (χ1n) is 5.99. The van der Waals surface area contributed by atoms with Crippen LogP contribution in [0.4, 0.5) is 0 Å². The lowest BCUT2D eigenvalue weighted by Gasteiger charge is -2.05. The van der Waals surface area contributed by atoms with E-state index >= 15 is 0 Å². The van der Waals surface area contributed by atoms with Gasteiger partial charge in [-0.15, -0.1) is 0 Å². The monoisotopic (exact) mass is 252 g/mol. The Morgan fingerprint density at radius 3 is 2.58 bits per heavy atom. The molecule has 19 heavy (non-hydrogen) atoms. The molecule has 0 bridgehead atoms. The first-order valence-corrected chi connectivity index (χ1v) is 5.99. The zero-order valence-corrected chi connectivity index (χ0v) is 10.2. The van der Waals surface area contributed by atoms with Crippen LogP contribution in [0.3, 0.4) is 0 Å². The Morgan fingerprint density at radius 1 is 1.00 bits per heavy atom. The fourth-order valence-electron chi connectivity index (χ4n) is 1.88. The quantitative estimate of drug-likeness (QED) is 0.779. The van der Waals surface area contributed by atoms with Crippen LogP contribution in [0, 0.1) is 0 Å². The fourth-order valence-corrected chi connectivity index (χ4v) is 1.88. The van der Waals surface area contributed by atoms with Gasteiger partial charge in [0, 0.05) is 5.39 Å². The van der Waals surface area contributed by atoms with Crippen molar-refractivity contribution in [2.45, 2.75) is 6.61 Å². The molecule has 4 heteroatoms. The molecule has 0 atom stereocenters. The largest absolute Gasteiger partial charge is 0.487 e. The van der Waals surface area contributed by atoms with Gasteiger partial charge >= 0.3 is 0 Å². The fraction of sp³-hybridized carbons (Fsp3) is 0.0667. The molecule has 0 aliphatic heterocycles. The molecule has 0 amide bonds. The molecule has 0 saturated heterocycles. The van der Waals surface area contributed by atoms with Gasteiger partial charge in [0.05, 0.1) is 5.52 Å². The van der Waals surface area contributed by atoms with E-state index in [1.807, 2.05) is 48.5 Å². The molecular formula is C15H12N2O2. The highest BCUT2D eigenvalue weighted by molar-refractivity contribution is 5.77. The van der Waals surface area contributed by atoms with E-state index < -0.39 is 0 Å². The normalized spacial score (nSPS) is 10.5. The maximum Gasteiger partial charge on any atom is 0.214 e. The van der Waals surface area contributed by atoms with Crippen LogP contribution in [0.5, 0.6) is 5.75 Å². The van der Waals surface area contributed by atoms with Crippen molar-refractivity contribution >= 4 is 10.9 Å². The maximum atomic E-state index is 12.2. The summed E-state index contributed by atoms with van der Waals surface area (Å²) >= 11 is 0. The Hall–Kier alpha value is -2.62. The Bertz CT molecular complexity index is 751. The van der Waals surface area contributed by atoms with E-state index in [9.17, 15) is 4.79 Å². The second-order valence-electron chi connectivity index (χ2n) is 4.15. The number of ether oxygens (including phenoxy) is 1. The van der Waals surface area contributed by atoms with Gasteiger partial charge in [-0.3, -0.25) is 9.89 Å². The number of para-hydroxylation sites is 2. The molecule has 0 radical (unpaired) electrons. The van der Waals surface area contributed by atoms with Gasteiger partial charge in [0.2, 0.25) is 5.43 Å². The van der Waals surface area contributed by atoms with Crippen molar-refractivity contribution in [2.24, 2.45) is 0 Å². The molecule has 0 fully saturated rings. The van der Waals surface area contributed by atoms with E-state index in [2.05, 4.69) is 10.2 Å². The van der Waals surface area contributed by atoms with Crippen LogP contribution >= 0.6 is 0 Å². The predicted molar refractivity (Wildman–Crippen MR) is 73.1 cm³/mol. The Kier molecular flexibility index (Phi) is 2.98. The smallest absolute Gasteiger partial charge is 0.214 e. The van der Waals surface area contributed by atoms with Crippen molar-refractivity contribution in [3.63, 3.8) is 0 Å². The Balaban J connectivity index is 1.90. The van der Waals surface area contributed by atoms with Gasteiger partial charge in [0.25, 0.3) is 0 Å². The molecule has 0 unspecified atom stereocenters. The number of H-pyrrole nitrogens is 1. The molecule has 0 saturated carbocycles. The third-order valence-corrected chi connectivity index (χ3v) is 2.86. The molecule has 3 aromatic rings. The predicted octanol–water partition coefficient (Wildman–Crippen LogP) is 2.50. The number of hydrogen-bond donors (Lipinski definition) is 1. The number of aromatic nitrogens is 2. The van der Waals surface area contributed by atoms with Crippen LogP contribution in [0.1, 0.15) is 5.69 Å². The molecule has 1 N–H and O–H groups in total. The molecule has 4 nitrogen and oxygen atoms in total. The first kappa shape index (κ1) is 11.5. The van der Waals surface area contributed by atoms with Gasteiger partial charge in [-0.25, -0.2) is 0 Å². The van der Waals surface area contributed by atoms with Gasteiger partial charge in [-0.05, 0) is 24.3 Å². The zero-order valence-electron chi connectivity index (χ0n) is 10.2. The second-order valence-corrected chi connectivity index (χ2v) is 4.15. The molecule has 0 spiro atoms. The summed E-state index contributed by atoms with van der Waals surface area (Å²) in [6.45, 7) is 0.157. The van der Waals surface area contributed by atoms with E-state index in [0.717, 1.165) is 11.3 Å². The summed E-state index contributed by atoms with van der Waals surface area (Å²) in [4.78, 5) is 12.2. The standard InChI is InChI=1S/C15H12N2O2/c18-15-12-8-4-5-9-13(12)16-17-14(15)10-19-11-6-2-1-3-7-11/h1-9H,10H2,(H,16,18). The highest BCUT2D eigenvalue weighted by Gasteiger charge is 2.06. The van der Waals surface area contributed by atoms with Crippen LogP contribution in [0.2, 0.25) is 0 Å². The number of benzene rings is 2. The van der Waals surface area contributed by atoms with E-state index in [4.69, 9.17) is 4.74 Å². The van der Waals surface area contributed by atoms with E-state index in [1.165, 1.54) is 0 Å². The Morgan fingerprint density at radius 2 is 1.74 bits per heavy atom. The van der Waals surface area contributed by atoms with Gasteiger partial charge in [-0.1, -0.05) is 30.3 Å². The van der Waals surface area contributed by atoms with E-state index in [-0.39, 0.29) is 12.0 Å². The highest BCUT2D eigenvalue weighted by Crippen LogP contribution is 2.10. The zero-order chi connectivity index (χ0) is 13.1. The van der Waals surface area contributed by atoms with Crippen LogP contribution in [0.15, 0.2) is 59.4 Å². The number of rotatable bonds is 3. The third kappa shape index (κ3) is 2.33. The SMILES string of the molecule is O=c1c(COc2ccccc2)n[nH]c2ccccc12. The molecular weight excluding hydrogens is 240 g/mol. The molecule has 0 aliphatic carbocycles. The van der Waals surface area contributed by atoms with Crippen LogP contribution in [-0.2, 0) is 6.61 Å². The first-order chi connectivity index (χ1) is 9.34. The lowest BCUT2D eigenvalue weighted by Crippen LogP contribution is -2.15. The van der Waals surface area contributed by atoms with Gasteiger partial charge < -0.3 is 4.74 Å². The molecule has 1 heterocycles. The minimum Gasteiger partial charge on any atom is -0.487 e. The number of nitrogens with zero attached hydrogens (tertiary/aromatic N) is 1. The van der Waals surface area contributed by atoms with E-state index in [0.29, 0.717) is 11.1 Å². The van der Waals surface area contributed by atoms with Crippen LogP contribution in [-0.4, -0.2) is 10.2 Å². The Labute approximate surface area is 109 Å². The van der Waals surface area contributed by atoms with E-state index in [1.54, 1.807) is 6.07 Å². The summed E-state index contributed by atoms with van der Waals surface area (Å²) in [6.07, 6.45) is 0. The molecule has 3 rings (SSSR count). The van der Waals surface area contributed by atoms with Crippen molar-refractivity contribution in [1.29, 1.82) is 0 Å². The van der Waals surface area contributed by atoms with Gasteiger partial charge in [0.15, 0.2) is 0 Å². The summed E-state index contributed by atoms with van der Waals surface area (Å²) in [5, 5.41) is 7.55. The van der Waals surface area contributed by atoms with Crippen molar-refractivity contribution in [2.75, 3.05) is 0 Å².